The van der Waals surface area contributed by atoms with Crippen molar-refractivity contribution in [1.29, 1.82) is 0 Å². The minimum Gasteiger partial charge on any atom is -0.464 e. The zero-order valence-corrected chi connectivity index (χ0v) is 17.2. The summed E-state index contributed by atoms with van der Waals surface area (Å²) in [6.45, 7) is 4.06. The molecule has 0 saturated carbocycles. The molecule has 0 bridgehead atoms. The van der Waals surface area contributed by atoms with Crippen LogP contribution >= 0.6 is 11.8 Å². The third-order valence-electron chi connectivity index (χ3n) is 4.66. The van der Waals surface area contributed by atoms with Gasteiger partial charge < -0.3 is 9.32 Å². The molecule has 1 amide bonds. The molecular formula is C20H20N2O4S2. The number of furan rings is 1. The summed E-state index contributed by atoms with van der Waals surface area (Å²) in [6, 6.07) is 13.9. The van der Waals surface area contributed by atoms with Gasteiger partial charge in [0.2, 0.25) is 5.91 Å². The monoisotopic (exact) mass is 416 g/mol. The molecule has 2 aromatic heterocycles. The van der Waals surface area contributed by atoms with Crippen molar-refractivity contribution in [1.82, 2.24) is 8.87 Å². The summed E-state index contributed by atoms with van der Waals surface area (Å²) in [5, 5.41) is -0.395. The van der Waals surface area contributed by atoms with Gasteiger partial charge in [-0.15, -0.1) is 11.8 Å². The Morgan fingerprint density at radius 2 is 1.86 bits per heavy atom. The van der Waals surface area contributed by atoms with Gasteiger partial charge >= 0.3 is 0 Å². The summed E-state index contributed by atoms with van der Waals surface area (Å²) >= 11 is 1.42. The highest BCUT2D eigenvalue weighted by Gasteiger charge is 2.36. The van der Waals surface area contributed by atoms with Crippen LogP contribution in [0.25, 0.3) is 0 Å². The van der Waals surface area contributed by atoms with E-state index in [1.165, 1.54) is 21.9 Å². The highest BCUT2D eigenvalue weighted by atomic mass is 32.2. The smallest absolute Gasteiger partial charge is 0.267 e. The van der Waals surface area contributed by atoms with Gasteiger partial charge in [-0.2, -0.15) is 0 Å². The van der Waals surface area contributed by atoms with E-state index in [0.29, 0.717) is 23.8 Å². The van der Waals surface area contributed by atoms with E-state index in [4.69, 9.17) is 4.42 Å². The Kier molecular flexibility index (Phi) is 4.84. The first kappa shape index (κ1) is 18.9. The van der Waals surface area contributed by atoms with Crippen molar-refractivity contribution in [2.45, 2.75) is 30.7 Å². The molecule has 0 spiro atoms. The first-order valence-corrected chi connectivity index (χ1v) is 11.3. The summed E-state index contributed by atoms with van der Waals surface area (Å²) in [5.41, 5.74) is 1.54. The SMILES string of the molecule is Cc1ccc(S(=O)(=O)n2cccc2C2SCC(=O)N2Cc2ccc(C)o2)cc1. The van der Waals surface area contributed by atoms with Gasteiger partial charge in [-0.05, 0) is 50.2 Å². The average Bonchev–Trinajstić information content (AvgIpc) is 3.37. The maximum atomic E-state index is 13.2. The molecule has 0 aliphatic carbocycles. The van der Waals surface area contributed by atoms with Gasteiger partial charge in [0.25, 0.3) is 10.0 Å². The second-order valence-electron chi connectivity index (χ2n) is 6.74. The van der Waals surface area contributed by atoms with Crippen LogP contribution in [0.5, 0.6) is 0 Å². The minimum absolute atomic E-state index is 0.0375. The van der Waals surface area contributed by atoms with Crippen LogP contribution in [0.2, 0.25) is 0 Å². The number of hydrogen-bond acceptors (Lipinski definition) is 5. The van der Waals surface area contributed by atoms with Crippen molar-refractivity contribution in [3.63, 3.8) is 0 Å². The molecular weight excluding hydrogens is 396 g/mol. The number of aromatic nitrogens is 1. The number of benzene rings is 1. The van der Waals surface area contributed by atoms with E-state index in [-0.39, 0.29) is 10.8 Å². The maximum Gasteiger partial charge on any atom is 0.267 e. The molecule has 1 aromatic carbocycles. The van der Waals surface area contributed by atoms with Crippen LogP contribution in [-0.4, -0.2) is 29.0 Å². The van der Waals surface area contributed by atoms with Crippen molar-refractivity contribution in [3.05, 3.63) is 77.5 Å². The molecule has 8 heteroatoms. The summed E-state index contributed by atoms with van der Waals surface area (Å²) < 4.78 is 33.2. The van der Waals surface area contributed by atoms with E-state index in [0.717, 1.165) is 11.3 Å². The lowest BCUT2D eigenvalue weighted by Gasteiger charge is -2.24. The molecule has 3 heterocycles. The zero-order valence-electron chi connectivity index (χ0n) is 15.5. The van der Waals surface area contributed by atoms with Crippen LogP contribution in [0, 0.1) is 13.8 Å². The van der Waals surface area contributed by atoms with E-state index < -0.39 is 15.4 Å². The third kappa shape index (κ3) is 3.38. The van der Waals surface area contributed by atoms with E-state index in [2.05, 4.69) is 0 Å². The molecule has 1 saturated heterocycles. The Bertz CT molecular complexity index is 1110. The largest absolute Gasteiger partial charge is 0.464 e. The highest BCUT2D eigenvalue weighted by Crippen LogP contribution is 2.40. The van der Waals surface area contributed by atoms with Crippen LogP contribution < -0.4 is 0 Å². The summed E-state index contributed by atoms with van der Waals surface area (Å²) in [4.78, 5) is 14.4. The van der Waals surface area contributed by atoms with Crippen LogP contribution in [0.3, 0.4) is 0 Å². The van der Waals surface area contributed by atoms with Gasteiger partial charge in [0.15, 0.2) is 0 Å². The molecule has 1 aliphatic rings. The number of nitrogens with zero attached hydrogens (tertiary/aromatic N) is 2. The second-order valence-corrected chi connectivity index (χ2v) is 9.63. The number of thioether (sulfide) groups is 1. The molecule has 28 heavy (non-hydrogen) atoms. The third-order valence-corrected chi connectivity index (χ3v) is 7.61. The van der Waals surface area contributed by atoms with Gasteiger partial charge in [0.1, 0.15) is 16.9 Å². The van der Waals surface area contributed by atoms with E-state index in [1.807, 2.05) is 26.0 Å². The van der Waals surface area contributed by atoms with Crippen molar-refractivity contribution in [2.24, 2.45) is 0 Å². The minimum atomic E-state index is -3.75. The lowest BCUT2D eigenvalue weighted by atomic mass is 10.2. The van der Waals surface area contributed by atoms with Crippen molar-refractivity contribution < 1.29 is 17.6 Å². The number of aryl methyl sites for hydroxylation is 2. The summed E-state index contributed by atoms with van der Waals surface area (Å²) in [6.07, 6.45) is 1.53. The number of carbonyl (C=O) groups excluding carboxylic acids is 1. The Balaban J connectivity index is 1.69. The van der Waals surface area contributed by atoms with Gasteiger partial charge in [-0.1, -0.05) is 17.7 Å². The standard InChI is InChI=1S/C20H20N2O4S2/c1-14-5-9-17(10-6-14)28(24,25)22-11-3-4-18(22)20-21(19(23)13-27-20)12-16-8-7-15(2)26-16/h3-11,20H,12-13H2,1-2H3. The Labute approximate surface area is 168 Å². The molecule has 3 aromatic rings. The predicted molar refractivity (Wildman–Crippen MR) is 107 cm³/mol. The Hall–Kier alpha value is -2.45. The number of hydrogen-bond donors (Lipinski definition) is 0. The lowest BCUT2D eigenvalue weighted by Crippen LogP contribution is -2.29. The van der Waals surface area contributed by atoms with Gasteiger partial charge in [-0.25, -0.2) is 12.4 Å². The fourth-order valence-electron chi connectivity index (χ4n) is 3.22. The van der Waals surface area contributed by atoms with Crippen LogP contribution in [0.15, 0.2) is 64.0 Å². The number of carbonyl (C=O) groups is 1. The normalized spacial score (nSPS) is 17.4. The fraction of sp³-hybridized carbons (Fsp3) is 0.250. The molecule has 1 fully saturated rings. The van der Waals surface area contributed by atoms with Crippen molar-refractivity contribution in [2.75, 3.05) is 5.75 Å². The molecule has 0 N–H and O–H groups in total. The second kappa shape index (κ2) is 7.18. The Morgan fingerprint density at radius 3 is 2.54 bits per heavy atom. The molecule has 1 atom stereocenters. The molecule has 146 valence electrons. The zero-order chi connectivity index (χ0) is 19.9. The molecule has 6 nitrogen and oxygen atoms in total. The van der Waals surface area contributed by atoms with Gasteiger partial charge in [0.05, 0.1) is 22.9 Å². The summed E-state index contributed by atoms with van der Waals surface area (Å²) in [5.74, 6) is 1.72. The van der Waals surface area contributed by atoms with E-state index >= 15 is 0 Å². The molecule has 1 aliphatic heterocycles. The maximum absolute atomic E-state index is 13.2. The van der Waals surface area contributed by atoms with Crippen LogP contribution in [0.4, 0.5) is 0 Å². The number of rotatable bonds is 5. The first-order chi connectivity index (χ1) is 13.4. The van der Waals surface area contributed by atoms with Gasteiger partial charge in [0, 0.05) is 6.20 Å². The Morgan fingerprint density at radius 1 is 1.11 bits per heavy atom. The van der Waals surface area contributed by atoms with Crippen LogP contribution in [0.1, 0.15) is 28.2 Å². The molecule has 0 radical (unpaired) electrons. The van der Waals surface area contributed by atoms with E-state index in [9.17, 15) is 13.2 Å². The van der Waals surface area contributed by atoms with Crippen molar-refractivity contribution in [3.8, 4) is 0 Å². The fourth-order valence-corrected chi connectivity index (χ4v) is 5.87. The lowest BCUT2D eigenvalue weighted by molar-refractivity contribution is -0.128. The predicted octanol–water partition coefficient (Wildman–Crippen LogP) is 3.71. The van der Waals surface area contributed by atoms with E-state index in [1.54, 1.807) is 41.3 Å². The van der Waals surface area contributed by atoms with Crippen LogP contribution in [-0.2, 0) is 21.4 Å². The van der Waals surface area contributed by atoms with Crippen molar-refractivity contribution >= 4 is 27.7 Å². The quantitative estimate of drug-likeness (QED) is 0.634. The summed E-state index contributed by atoms with van der Waals surface area (Å²) in [7, 11) is -3.75. The molecule has 1 unspecified atom stereocenters. The molecule has 4 rings (SSSR count). The van der Waals surface area contributed by atoms with Gasteiger partial charge in [-0.3, -0.25) is 4.79 Å². The number of amides is 1. The first-order valence-electron chi connectivity index (χ1n) is 8.82. The topological polar surface area (TPSA) is 72.5 Å². The highest BCUT2D eigenvalue weighted by molar-refractivity contribution is 8.00. The average molecular weight is 417 g/mol.